The molecular formula is C30H34F4N8O3S. The molecule has 3 aromatic heterocycles. The van der Waals surface area contributed by atoms with Crippen LogP contribution in [-0.2, 0) is 11.3 Å². The van der Waals surface area contributed by atoms with Crippen molar-refractivity contribution in [1.82, 2.24) is 34.6 Å². The lowest BCUT2D eigenvalue weighted by molar-refractivity contribution is -0.133. The van der Waals surface area contributed by atoms with Crippen LogP contribution in [0, 0.1) is 0 Å². The van der Waals surface area contributed by atoms with E-state index in [1.165, 1.54) is 45.6 Å². The number of carbonyl (C=O) groups excluding carboxylic acids is 2. The first-order chi connectivity index (χ1) is 21.9. The summed E-state index contributed by atoms with van der Waals surface area (Å²) in [6.07, 6.45) is 6.84. The molecule has 4 heterocycles. The van der Waals surface area contributed by atoms with Gasteiger partial charge in [-0.3, -0.25) is 14.3 Å². The smallest absolute Gasteiger partial charge is 0.387 e. The standard InChI is InChI=1S/C30H34F4N8O3S/c1-18(2)46-20-5-6-24(45-29(31)32)21(13-20)26-23(39-28(44)22-14-37-41-10-4-9-35-27(22)41)15-38-42(26)16-25(43)40-11-7-19(8-12-40)36-17-30(3,33)34/h4-6,9-10,13-15,18-19,29,36H,7-8,11-12,16-17H2,1-3H3,(H,39,44). The molecule has 5 rings (SSSR count). The summed E-state index contributed by atoms with van der Waals surface area (Å²) in [5, 5.41) is 14.3. The maximum atomic E-state index is 13.6. The summed E-state index contributed by atoms with van der Waals surface area (Å²) in [5.74, 6) is -3.88. The third-order valence-corrected chi connectivity index (χ3v) is 8.24. The van der Waals surface area contributed by atoms with Gasteiger partial charge in [0.2, 0.25) is 5.91 Å². The SMILES string of the molecule is CC(C)Sc1ccc(OC(F)F)c(-c2c(NC(=O)c3cnn4cccnc34)cnn2CC(=O)N2CCC(NCC(C)(F)F)CC2)c1. The van der Waals surface area contributed by atoms with Crippen molar-refractivity contribution in [2.45, 2.75) is 68.9 Å². The van der Waals surface area contributed by atoms with Crippen LogP contribution in [0.5, 0.6) is 5.75 Å². The van der Waals surface area contributed by atoms with Gasteiger partial charge in [0.15, 0.2) is 5.65 Å². The summed E-state index contributed by atoms with van der Waals surface area (Å²) >= 11 is 1.50. The second-order valence-electron chi connectivity index (χ2n) is 11.3. The number of aromatic nitrogens is 5. The van der Waals surface area contributed by atoms with Crippen molar-refractivity contribution in [2.24, 2.45) is 0 Å². The molecule has 1 fully saturated rings. The van der Waals surface area contributed by atoms with Crippen LogP contribution < -0.4 is 15.4 Å². The van der Waals surface area contributed by atoms with Gasteiger partial charge in [-0.05, 0) is 37.1 Å². The molecule has 2 N–H and O–H groups in total. The summed E-state index contributed by atoms with van der Waals surface area (Å²) in [5.41, 5.74) is 1.02. The Bertz CT molecular complexity index is 1680. The Morgan fingerprint density at radius 1 is 1.15 bits per heavy atom. The first-order valence-corrected chi connectivity index (χ1v) is 15.6. The summed E-state index contributed by atoms with van der Waals surface area (Å²) in [4.78, 5) is 33.5. The van der Waals surface area contributed by atoms with E-state index in [4.69, 9.17) is 4.74 Å². The van der Waals surface area contributed by atoms with E-state index in [1.54, 1.807) is 29.3 Å². The molecule has 1 saturated heterocycles. The van der Waals surface area contributed by atoms with Crippen molar-refractivity contribution in [3.8, 4) is 17.0 Å². The molecule has 0 saturated carbocycles. The molecule has 0 unspecified atom stereocenters. The number of hydrogen-bond acceptors (Lipinski definition) is 8. The Labute approximate surface area is 266 Å². The molecular weight excluding hydrogens is 628 g/mol. The fourth-order valence-corrected chi connectivity index (χ4v) is 6.06. The number of rotatable bonds is 12. The monoisotopic (exact) mass is 662 g/mol. The Balaban J connectivity index is 1.46. The highest BCUT2D eigenvalue weighted by molar-refractivity contribution is 7.99. The Hall–Kier alpha value is -4.18. The average Bonchev–Trinajstić information content (AvgIpc) is 3.60. The van der Waals surface area contributed by atoms with Crippen molar-refractivity contribution in [3.63, 3.8) is 0 Å². The number of alkyl halides is 4. The summed E-state index contributed by atoms with van der Waals surface area (Å²) < 4.78 is 61.4. The number of hydrogen-bond donors (Lipinski definition) is 2. The molecule has 1 aromatic carbocycles. The van der Waals surface area contributed by atoms with Crippen LogP contribution in [0.1, 0.15) is 44.0 Å². The molecule has 0 bridgehead atoms. The molecule has 1 aliphatic heterocycles. The molecule has 46 heavy (non-hydrogen) atoms. The van der Waals surface area contributed by atoms with Gasteiger partial charge < -0.3 is 20.3 Å². The van der Waals surface area contributed by atoms with Crippen molar-refractivity contribution in [1.29, 1.82) is 0 Å². The van der Waals surface area contributed by atoms with Gasteiger partial charge in [-0.25, -0.2) is 18.3 Å². The molecule has 16 heteroatoms. The summed E-state index contributed by atoms with van der Waals surface area (Å²) in [6.45, 7) is 1.65. The van der Waals surface area contributed by atoms with E-state index in [0.717, 1.165) is 11.8 Å². The molecule has 0 spiro atoms. The lowest BCUT2D eigenvalue weighted by Crippen LogP contribution is -2.47. The maximum absolute atomic E-state index is 13.6. The van der Waals surface area contributed by atoms with Crippen molar-refractivity contribution < 1.29 is 31.9 Å². The van der Waals surface area contributed by atoms with Crippen LogP contribution in [0.2, 0.25) is 0 Å². The number of anilines is 1. The minimum Gasteiger partial charge on any atom is -0.434 e. The number of benzene rings is 1. The Morgan fingerprint density at radius 3 is 2.61 bits per heavy atom. The van der Waals surface area contributed by atoms with Crippen molar-refractivity contribution in [2.75, 3.05) is 25.0 Å². The van der Waals surface area contributed by atoms with E-state index >= 15 is 0 Å². The van der Waals surface area contributed by atoms with E-state index in [-0.39, 0.29) is 52.0 Å². The van der Waals surface area contributed by atoms with Crippen LogP contribution in [0.25, 0.3) is 16.9 Å². The molecule has 0 atom stereocenters. The van der Waals surface area contributed by atoms with Gasteiger partial charge in [-0.15, -0.1) is 11.8 Å². The van der Waals surface area contributed by atoms with Gasteiger partial charge in [-0.2, -0.15) is 19.0 Å². The lowest BCUT2D eigenvalue weighted by Gasteiger charge is -2.33. The molecule has 11 nitrogen and oxygen atoms in total. The fourth-order valence-electron chi connectivity index (χ4n) is 5.18. The van der Waals surface area contributed by atoms with Crippen LogP contribution in [-0.4, -0.2) is 84.6 Å². The molecule has 1 aliphatic rings. The molecule has 4 aromatic rings. The third kappa shape index (κ3) is 8.15. The predicted octanol–water partition coefficient (Wildman–Crippen LogP) is 5.18. The van der Waals surface area contributed by atoms with Gasteiger partial charge in [0.05, 0.1) is 30.3 Å². The van der Waals surface area contributed by atoms with E-state index in [2.05, 4.69) is 25.8 Å². The quantitative estimate of drug-likeness (QED) is 0.157. The minimum atomic E-state index is -3.13. The van der Waals surface area contributed by atoms with Crippen LogP contribution in [0.15, 0.2) is 53.9 Å². The zero-order chi connectivity index (χ0) is 33.0. The second kappa shape index (κ2) is 14.1. The van der Waals surface area contributed by atoms with Crippen molar-refractivity contribution in [3.05, 3.63) is 54.6 Å². The van der Waals surface area contributed by atoms with Gasteiger partial charge in [0.25, 0.3) is 11.8 Å². The number of carbonyl (C=O) groups is 2. The lowest BCUT2D eigenvalue weighted by atomic mass is 10.0. The van der Waals surface area contributed by atoms with E-state index in [0.29, 0.717) is 31.6 Å². The normalized spacial score (nSPS) is 14.4. The molecule has 0 aliphatic carbocycles. The second-order valence-corrected chi connectivity index (χ2v) is 12.9. The Morgan fingerprint density at radius 2 is 1.91 bits per heavy atom. The largest absolute Gasteiger partial charge is 0.434 e. The number of ether oxygens (including phenoxy) is 1. The Kier molecular flexibility index (Phi) is 10.2. The summed E-state index contributed by atoms with van der Waals surface area (Å²) in [6, 6.07) is 6.25. The predicted molar refractivity (Wildman–Crippen MR) is 164 cm³/mol. The number of nitrogens with one attached hydrogen (secondary N) is 2. The number of likely N-dealkylation sites (tertiary alicyclic amines) is 1. The first-order valence-electron chi connectivity index (χ1n) is 14.7. The van der Waals surface area contributed by atoms with E-state index < -0.39 is 25.0 Å². The number of amides is 2. The van der Waals surface area contributed by atoms with Crippen LogP contribution in [0.3, 0.4) is 0 Å². The zero-order valence-corrected chi connectivity index (χ0v) is 26.2. The van der Waals surface area contributed by atoms with Gasteiger partial charge in [0.1, 0.15) is 17.9 Å². The van der Waals surface area contributed by atoms with Crippen molar-refractivity contribution >= 4 is 34.9 Å². The number of nitrogens with zero attached hydrogens (tertiary/aromatic N) is 6. The fraction of sp³-hybridized carbons (Fsp3) is 0.433. The van der Waals surface area contributed by atoms with E-state index in [1.807, 2.05) is 13.8 Å². The highest BCUT2D eigenvalue weighted by Gasteiger charge is 2.29. The topological polar surface area (TPSA) is 119 Å². The van der Waals surface area contributed by atoms with Crippen LogP contribution >= 0.6 is 11.8 Å². The highest BCUT2D eigenvalue weighted by Crippen LogP contribution is 2.40. The van der Waals surface area contributed by atoms with Gasteiger partial charge in [0, 0.05) is 54.2 Å². The van der Waals surface area contributed by atoms with Crippen LogP contribution in [0.4, 0.5) is 23.2 Å². The van der Waals surface area contributed by atoms with E-state index in [9.17, 15) is 27.2 Å². The average molecular weight is 663 g/mol. The molecule has 0 radical (unpaired) electrons. The highest BCUT2D eigenvalue weighted by atomic mass is 32.2. The third-order valence-electron chi connectivity index (χ3n) is 7.24. The summed E-state index contributed by atoms with van der Waals surface area (Å²) in [7, 11) is 0. The van der Waals surface area contributed by atoms with Gasteiger partial charge >= 0.3 is 6.61 Å². The van der Waals surface area contributed by atoms with Gasteiger partial charge in [-0.1, -0.05) is 13.8 Å². The maximum Gasteiger partial charge on any atom is 0.387 e. The number of fused-ring (bicyclic) bond motifs is 1. The number of halogens is 4. The molecule has 246 valence electrons. The minimum absolute atomic E-state index is 0.151. The number of piperidine rings is 1. The zero-order valence-electron chi connectivity index (χ0n) is 25.4. The first kappa shape index (κ1) is 33.2. The number of thioether (sulfide) groups is 1. The molecule has 2 amide bonds.